The van der Waals surface area contributed by atoms with Crippen molar-refractivity contribution in [1.82, 2.24) is 4.90 Å². The molecule has 0 saturated heterocycles. The quantitative estimate of drug-likeness (QED) is 0.750. The SMILES string of the molecule is CC[C@@H](C)N(Cc1ccsc1)C[C@@H](O)COc1ccccc1C. The van der Waals surface area contributed by atoms with Gasteiger partial charge in [0.1, 0.15) is 18.5 Å². The number of hydrogen-bond acceptors (Lipinski definition) is 4. The van der Waals surface area contributed by atoms with E-state index in [1.807, 2.05) is 31.2 Å². The van der Waals surface area contributed by atoms with Crippen LogP contribution in [0.1, 0.15) is 31.4 Å². The van der Waals surface area contributed by atoms with E-state index in [0.717, 1.165) is 24.3 Å². The van der Waals surface area contributed by atoms with E-state index in [2.05, 4.69) is 35.6 Å². The summed E-state index contributed by atoms with van der Waals surface area (Å²) < 4.78 is 5.77. The smallest absolute Gasteiger partial charge is 0.122 e. The van der Waals surface area contributed by atoms with Crippen LogP contribution in [0.2, 0.25) is 0 Å². The standard InChI is InChI=1S/C19H27NO2S/c1-4-16(3)20(11-17-9-10-23-14-17)12-18(21)13-22-19-8-6-5-7-15(19)2/h5-10,14,16,18,21H,4,11-13H2,1-3H3/t16-,18-/m1/s1. The van der Waals surface area contributed by atoms with Gasteiger partial charge in [0, 0.05) is 19.1 Å². The third kappa shape index (κ3) is 5.65. The molecule has 2 rings (SSSR count). The Labute approximate surface area is 143 Å². The first-order valence-electron chi connectivity index (χ1n) is 8.21. The summed E-state index contributed by atoms with van der Waals surface area (Å²) >= 11 is 1.72. The Morgan fingerprint density at radius 1 is 1.26 bits per heavy atom. The first-order valence-corrected chi connectivity index (χ1v) is 9.16. The van der Waals surface area contributed by atoms with Crippen LogP contribution in [0.3, 0.4) is 0 Å². The molecule has 1 heterocycles. The number of aliphatic hydroxyl groups is 1. The monoisotopic (exact) mass is 333 g/mol. The molecule has 0 aliphatic carbocycles. The van der Waals surface area contributed by atoms with Gasteiger partial charge in [-0.2, -0.15) is 11.3 Å². The molecule has 0 amide bonds. The molecule has 126 valence electrons. The Morgan fingerprint density at radius 3 is 2.70 bits per heavy atom. The number of rotatable bonds is 9. The lowest BCUT2D eigenvalue weighted by Crippen LogP contribution is -2.40. The highest BCUT2D eigenvalue weighted by molar-refractivity contribution is 7.07. The number of aryl methyl sites for hydroxylation is 1. The van der Waals surface area contributed by atoms with Gasteiger partial charge >= 0.3 is 0 Å². The molecule has 2 atom stereocenters. The highest BCUT2D eigenvalue weighted by atomic mass is 32.1. The third-order valence-electron chi connectivity index (χ3n) is 4.15. The van der Waals surface area contributed by atoms with Gasteiger partial charge in [-0.05, 0) is 54.3 Å². The molecule has 0 unspecified atom stereocenters. The Morgan fingerprint density at radius 2 is 2.04 bits per heavy atom. The summed E-state index contributed by atoms with van der Waals surface area (Å²) in [6.07, 6.45) is 0.567. The lowest BCUT2D eigenvalue weighted by Gasteiger charge is -2.30. The van der Waals surface area contributed by atoms with Crippen LogP contribution < -0.4 is 4.74 Å². The van der Waals surface area contributed by atoms with E-state index in [4.69, 9.17) is 4.74 Å². The van der Waals surface area contributed by atoms with E-state index in [1.165, 1.54) is 5.56 Å². The van der Waals surface area contributed by atoms with Gasteiger partial charge < -0.3 is 9.84 Å². The van der Waals surface area contributed by atoms with Crippen LogP contribution in [0.25, 0.3) is 0 Å². The molecule has 0 radical (unpaired) electrons. The zero-order valence-corrected chi connectivity index (χ0v) is 15.1. The minimum Gasteiger partial charge on any atom is -0.491 e. The molecule has 0 spiro atoms. The molecule has 1 aromatic heterocycles. The number of hydrogen-bond donors (Lipinski definition) is 1. The summed E-state index contributed by atoms with van der Waals surface area (Å²) in [4.78, 5) is 2.33. The summed E-state index contributed by atoms with van der Waals surface area (Å²) in [5, 5.41) is 14.7. The average molecular weight is 333 g/mol. The van der Waals surface area contributed by atoms with Gasteiger partial charge in [-0.1, -0.05) is 25.1 Å². The number of ether oxygens (including phenoxy) is 1. The van der Waals surface area contributed by atoms with Crippen LogP contribution in [-0.4, -0.2) is 35.3 Å². The van der Waals surface area contributed by atoms with Gasteiger partial charge in [-0.25, -0.2) is 0 Å². The first kappa shape index (κ1) is 18.0. The maximum absolute atomic E-state index is 10.4. The molecule has 2 aromatic rings. The van der Waals surface area contributed by atoms with Crippen LogP contribution in [-0.2, 0) is 6.54 Å². The average Bonchev–Trinajstić information content (AvgIpc) is 3.06. The second kappa shape index (κ2) is 9.06. The van der Waals surface area contributed by atoms with Crippen LogP contribution in [0.15, 0.2) is 41.1 Å². The summed E-state index contributed by atoms with van der Waals surface area (Å²) in [6, 6.07) is 10.5. The number of thiophene rings is 1. The molecule has 0 saturated carbocycles. The van der Waals surface area contributed by atoms with Crippen molar-refractivity contribution in [3.8, 4) is 5.75 Å². The van der Waals surface area contributed by atoms with E-state index in [0.29, 0.717) is 19.2 Å². The molecular formula is C19H27NO2S. The molecule has 0 aliphatic rings. The number of aliphatic hydroxyl groups excluding tert-OH is 1. The zero-order valence-electron chi connectivity index (χ0n) is 14.2. The number of benzene rings is 1. The lowest BCUT2D eigenvalue weighted by molar-refractivity contribution is 0.0505. The van der Waals surface area contributed by atoms with Gasteiger partial charge in [0.25, 0.3) is 0 Å². The van der Waals surface area contributed by atoms with Gasteiger partial charge in [0.15, 0.2) is 0 Å². The van der Waals surface area contributed by atoms with Gasteiger partial charge in [-0.15, -0.1) is 0 Å². The summed E-state index contributed by atoms with van der Waals surface area (Å²) in [5.41, 5.74) is 2.40. The largest absolute Gasteiger partial charge is 0.491 e. The van der Waals surface area contributed by atoms with E-state index < -0.39 is 6.10 Å². The Hall–Kier alpha value is -1.36. The first-order chi connectivity index (χ1) is 11.1. The van der Waals surface area contributed by atoms with E-state index in [9.17, 15) is 5.11 Å². The molecular weight excluding hydrogens is 306 g/mol. The molecule has 0 aliphatic heterocycles. The maximum Gasteiger partial charge on any atom is 0.122 e. The molecule has 1 N–H and O–H groups in total. The Bertz CT molecular complexity index is 571. The fourth-order valence-electron chi connectivity index (χ4n) is 2.50. The highest BCUT2D eigenvalue weighted by Crippen LogP contribution is 2.17. The van der Waals surface area contributed by atoms with E-state index in [-0.39, 0.29) is 0 Å². The van der Waals surface area contributed by atoms with Crippen molar-refractivity contribution in [2.75, 3.05) is 13.2 Å². The van der Waals surface area contributed by atoms with Crippen molar-refractivity contribution in [2.24, 2.45) is 0 Å². The summed E-state index contributed by atoms with van der Waals surface area (Å²) in [7, 11) is 0. The zero-order chi connectivity index (χ0) is 16.7. The van der Waals surface area contributed by atoms with Crippen molar-refractivity contribution >= 4 is 11.3 Å². The predicted octanol–water partition coefficient (Wildman–Crippen LogP) is 4.10. The number of para-hydroxylation sites is 1. The van der Waals surface area contributed by atoms with Gasteiger partial charge in [0.2, 0.25) is 0 Å². The van der Waals surface area contributed by atoms with Crippen molar-refractivity contribution < 1.29 is 9.84 Å². The molecule has 4 heteroatoms. The van der Waals surface area contributed by atoms with Gasteiger partial charge in [0.05, 0.1) is 0 Å². The second-order valence-electron chi connectivity index (χ2n) is 6.05. The maximum atomic E-state index is 10.4. The van der Waals surface area contributed by atoms with Crippen molar-refractivity contribution in [3.63, 3.8) is 0 Å². The van der Waals surface area contributed by atoms with Crippen LogP contribution in [0, 0.1) is 6.92 Å². The summed E-state index contributed by atoms with van der Waals surface area (Å²) in [6.45, 7) is 8.23. The van der Waals surface area contributed by atoms with Crippen molar-refractivity contribution in [3.05, 3.63) is 52.2 Å². The molecule has 0 fully saturated rings. The molecule has 0 bridgehead atoms. The highest BCUT2D eigenvalue weighted by Gasteiger charge is 2.18. The third-order valence-corrected chi connectivity index (χ3v) is 4.88. The van der Waals surface area contributed by atoms with Gasteiger partial charge in [-0.3, -0.25) is 4.90 Å². The Balaban J connectivity index is 1.89. The van der Waals surface area contributed by atoms with Crippen molar-refractivity contribution in [1.29, 1.82) is 0 Å². The second-order valence-corrected chi connectivity index (χ2v) is 6.83. The fourth-order valence-corrected chi connectivity index (χ4v) is 3.16. The predicted molar refractivity (Wildman–Crippen MR) is 97.2 cm³/mol. The van der Waals surface area contributed by atoms with Crippen LogP contribution >= 0.6 is 11.3 Å². The van der Waals surface area contributed by atoms with Crippen molar-refractivity contribution in [2.45, 2.75) is 45.9 Å². The lowest BCUT2D eigenvalue weighted by atomic mass is 10.1. The minimum absolute atomic E-state index is 0.321. The fraction of sp³-hybridized carbons (Fsp3) is 0.474. The Kier molecular flexibility index (Phi) is 7.09. The van der Waals surface area contributed by atoms with Crippen LogP contribution in [0.5, 0.6) is 5.75 Å². The molecule has 1 aromatic carbocycles. The van der Waals surface area contributed by atoms with E-state index >= 15 is 0 Å². The molecule has 23 heavy (non-hydrogen) atoms. The molecule has 3 nitrogen and oxygen atoms in total. The number of nitrogens with zero attached hydrogens (tertiary/aromatic N) is 1. The topological polar surface area (TPSA) is 32.7 Å². The summed E-state index contributed by atoms with van der Waals surface area (Å²) in [5.74, 6) is 0.847. The minimum atomic E-state index is -0.498. The normalized spacial score (nSPS) is 14.0. The van der Waals surface area contributed by atoms with Crippen LogP contribution in [0.4, 0.5) is 0 Å². The van der Waals surface area contributed by atoms with E-state index in [1.54, 1.807) is 11.3 Å².